The second-order valence-corrected chi connectivity index (χ2v) is 5.71. The lowest BCUT2D eigenvalue weighted by Gasteiger charge is -2.36. The molecule has 1 heterocycles. The largest absolute Gasteiger partial charge is 0.480 e. The molecule has 0 saturated heterocycles. The predicted molar refractivity (Wildman–Crippen MR) is 81.0 cm³/mol. The van der Waals surface area contributed by atoms with E-state index < -0.39 is 0 Å². The van der Waals surface area contributed by atoms with E-state index in [0.29, 0.717) is 17.7 Å². The highest BCUT2D eigenvalue weighted by Gasteiger charge is 2.33. The fourth-order valence-corrected chi connectivity index (χ4v) is 3.35. The van der Waals surface area contributed by atoms with Crippen molar-refractivity contribution in [2.24, 2.45) is 11.8 Å². The Morgan fingerprint density at radius 2 is 2.05 bits per heavy atom. The van der Waals surface area contributed by atoms with E-state index in [0.717, 1.165) is 24.7 Å². The molecule has 1 saturated carbocycles. The molecule has 3 atom stereocenters. The molecule has 1 aliphatic rings. The zero-order valence-corrected chi connectivity index (χ0v) is 12.9. The van der Waals surface area contributed by atoms with Gasteiger partial charge in [-0.3, -0.25) is 4.98 Å². The maximum absolute atomic E-state index is 5.43. The van der Waals surface area contributed by atoms with Crippen molar-refractivity contribution in [2.45, 2.75) is 45.4 Å². The third-order valence-electron chi connectivity index (χ3n) is 4.57. The minimum absolute atomic E-state index is 0.469. The van der Waals surface area contributed by atoms with Gasteiger partial charge in [0.2, 0.25) is 5.88 Å². The standard InChI is InChI=1S/C16H27N3O/c1-4-12-6-7-13(11-17-5-2)14(10-12)15-16(20-3)19-9-8-18-15/h8-9,12-14,17H,4-7,10-11H2,1-3H3. The first-order valence-electron chi connectivity index (χ1n) is 7.85. The van der Waals surface area contributed by atoms with E-state index in [4.69, 9.17) is 4.74 Å². The summed E-state index contributed by atoms with van der Waals surface area (Å²) < 4.78 is 5.43. The molecule has 0 aliphatic heterocycles. The summed E-state index contributed by atoms with van der Waals surface area (Å²) in [5.74, 6) is 2.63. The highest BCUT2D eigenvalue weighted by Crippen LogP contribution is 2.42. The van der Waals surface area contributed by atoms with Crippen molar-refractivity contribution in [2.75, 3.05) is 20.2 Å². The first-order valence-corrected chi connectivity index (χ1v) is 7.85. The van der Waals surface area contributed by atoms with Gasteiger partial charge in [0, 0.05) is 18.3 Å². The highest BCUT2D eigenvalue weighted by atomic mass is 16.5. The van der Waals surface area contributed by atoms with Gasteiger partial charge in [-0.15, -0.1) is 0 Å². The molecule has 0 bridgehead atoms. The first kappa shape index (κ1) is 15.2. The van der Waals surface area contributed by atoms with Crippen LogP contribution in [0.2, 0.25) is 0 Å². The van der Waals surface area contributed by atoms with Crippen LogP contribution in [0.15, 0.2) is 12.4 Å². The van der Waals surface area contributed by atoms with E-state index in [-0.39, 0.29) is 0 Å². The van der Waals surface area contributed by atoms with Crippen LogP contribution in [-0.4, -0.2) is 30.2 Å². The van der Waals surface area contributed by atoms with Crippen LogP contribution in [0.1, 0.15) is 51.1 Å². The van der Waals surface area contributed by atoms with E-state index in [2.05, 4.69) is 29.1 Å². The minimum Gasteiger partial charge on any atom is -0.480 e. The number of hydrogen-bond acceptors (Lipinski definition) is 4. The summed E-state index contributed by atoms with van der Waals surface area (Å²) in [7, 11) is 1.69. The van der Waals surface area contributed by atoms with E-state index >= 15 is 0 Å². The van der Waals surface area contributed by atoms with E-state index in [1.807, 2.05) is 0 Å². The molecule has 4 nitrogen and oxygen atoms in total. The van der Waals surface area contributed by atoms with E-state index in [1.54, 1.807) is 19.5 Å². The molecule has 0 spiro atoms. The van der Waals surface area contributed by atoms with Gasteiger partial charge >= 0.3 is 0 Å². The molecule has 2 rings (SSSR count). The maximum atomic E-state index is 5.43. The lowest BCUT2D eigenvalue weighted by atomic mass is 9.71. The number of rotatable bonds is 6. The zero-order valence-electron chi connectivity index (χ0n) is 12.9. The molecule has 3 unspecified atom stereocenters. The van der Waals surface area contributed by atoms with Gasteiger partial charge in [0.1, 0.15) is 5.69 Å². The van der Waals surface area contributed by atoms with Gasteiger partial charge < -0.3 is 10.1 Å². The molecule has 0 aromatic carbocycles. The lowest BCUT2D eigenvalue weighted by molar-refractivity contribution is 0.218. The van der Waals surface area contributed by atoms with Gasteiger partial charge in [-0.25, -0.2) is 4.98 Å². The van der Waals surface area contributed by atoms with Crippen molar-refractivity contribution in [3.63, 3.8) is 0 Å². The van der Waals surface area contributed by atoms with Crippen LogP contribution in [0.25, 0.3) is 0 Å². The third-order valence-corrected chi connectivity index (χ3v) is 4.57. The summed E-state index contributed by atoms with van der Waals surface area (Å²) in [4.78, 5) is 8.92. The lowest BCUT2D eigenvalue weighted by Crippen LogP contribution is -2.32. The summed E-state index contributed by atoms with van der Waals surface area (Å²) in [5.41, 5.74) is 1.05. The smallest absolute Gasteiger partial charge is 0.235 e. The van der Waals surface area contributed by atoms with Crippen LogP contribution in [0, 0.1) is 11.8 Å². The second kappa shape index (κ2) is 7.58. The molecule has 1 fully saturated rings. The number of methoxy groups -OCH3 is 1. The fourth-order valence-electron chi connectivity index (χ4n) is 3.35. The molecule has 20 heavy (non-hydrogen) atoms. The van der Waals surface area contributed by atoms with Crippen molar-refractivity contribution in [3.05, 3.63) is 18.1 Å². The van der Waals surface area contributed by atoms with E-state index in [1.165, 1.54) is 25.7 Å². The van der Waals surface area contributed by atoms with Crippen molar-refractivity contribution in [3.8, 4) is 5.88 Å². The number of ether oxygens (including phenoxy) is 1. The van der Waals surface area contributed by atoms with Crippen LogP contribution in [0.4, 0.5) is 0 Å². The Morgan fingerprint density at radius 3 is 2.75 bits per heavy atom. The van der Waals surface area contributed by atoms with E-state index in [9.17, 15) is 0 Å². The van der Waals surface area contributed by atoms with Gasteiger partial charge in [0.05, 0.1) is 7.11 Å². The van der Waals surface area contributed by atoms with Crippen LogP contribution >= 0.6 is 0 Å². The molecule has 1 aromatic rings. The van der Waals surface area contributed by atoms with Crippen LogP contribution in [0.3, 0.4) is 0 Å². The number of hydrogen-bond donors (Lipinski definition) is 1. The molecule has 1 aliphatic carbocycles. The monoisotopic (exact) mass is 277 g/mol. The van der Waals surface area contributed by atoms with Gasteiger partial charge in [-0.1, -0.05) is 26.7 Å². The Morgan fingerprint density at radius 1 is 1.25 bits per heavy atom. The predicted octanol–water partition coefficient (Wildman–Crippen LogP) is 3.00. The average molecular weight is 277 g/mol. The first-order chi connectivity index (χ1) is 9.80. The average Bonchev–Trinajstić information content (AvgIpc) is 2.52. The van der Waals surface area contributed by atoms with Crippen molar-refractivity contribution < 1.29 is 4.74 Å². The number of nitrogens with one attached hydrogen (secondary N) is 1. The molecule has 1 aromatic heterocycles. The van der Waals surface area contributed by atoms with Crippen molar-refractivity contribution in [1.29, 1.82) is 0 Å². The molecule has 0 amide bonds. The normalized spacial score (nSPS) is 26.4. The quantitative estimate of drug-likeness (QED) is 0.868. The molecule has 0 radical (unpaired) electrons. The Hall–Kier alpha value is -1.16. The molecule has 1 N–H and O–H groups in total. The molecular formula is C16H27N3O. The Labute approximate surface area is 122 Å². The van der Waals surface area contributed by atoms with Gasteiger partial charge in [-0.05, 0) is 37.8 Å². The molecular weight excluding hydrogens is 250 g/mol. The van der Waals surface area contributed by atoms with Crippen LogP contribution in [0.5, 0.6) is 5.88 Å². The summed E-state index contributed by atoms with van der Waals surface area (Å²) in [5, 5.41) is 3.50. The fraction of sp³-hybridized carbons (Fsp3) is 0.750. The zero-order chi connectivity index (χ0) is 14.4. The SMILES string of the molecule is CCNCC1CCC(CC)CC1c1nccnc1OC. The Balaban J connectivity index is 2.21. The van der Waals surface area contributed by atoms with Crippen LogP contribution < -0.4 is 10.1 Å². The minimum atomic E-state index is 0.469. The summed E-state index contributed by atoms with van der Waals surface area (Å²) in [6.07, 6.45) is 8.58. The maximum Gasteiger partial charge on any atom is 0.235 e. The number of aromatic nitrogens is 2. The Bertz CT molecular complexity index is 410. The third kappa shape index (κ3) is 3.48. The van der Waals surface area contributed by atoms with Crippen LogP contribution in [-0.2, 0) is 0 Å². The summed E-state index contributed by atoms with van der Waals surface area (Å²) >= 11 is 0. The Kier molecular flexibility index (Phi) is 5.77. The van der Waals surface area contributed by atoms with Gasteiger partial charge in [0.25, 0.3) is 0 Å². The molecule has 112 valence electrons. The summed E-state index contributed by atoms with van der Waals surface area (Å²) in [6.45, 7) is 6.55. The molecule has 4 heteroatoms. The highest BCUT2D eigenvalue weighted by molar-refractivity contribution is 5.23. The second-order valence-electron chi connectivity index (χ2n) is 5.71. The number of nitrogens with zero attached hydrogens (tertiary/aromatic N) is 2. The van der Waals surface area contributed by atoms with Crippen molar-refractivity contribution >= 4 is 0 Å². The topological polar surface area (TPSA) is 47.0 Å². The van der Waals surface area contributed by atoms with Crippen molar-refractivity contribution in [1.82, 2.24) is 15.3 Å². The van der Waals surface area contributed by atoms with Gasteiger partial charge in [-0.2, -0.15) is 0 Å². The van der Waals surface area contributed by atoms with Gasteiger partial charge in [0.15, 0.2) is 0 Å². The summed E-state index contributed by atoms with van der Waals surface area (Å²) in [6, 6.07) is 0.